The molecule has 3 aromatic rings. The number of aromatic amines is 1. The summed E-state index contributed by atoms with van der Waals surface area (Å²) in [5.74, 6) is -0.435. The molecule has 0 aliphatic rings. The van der Waals surface area contributed by atoms with E-state index in [1.807, 2.05) is 0 Å². The van der Waals surface area contributed by atoms with Crippen LogP contribution in [0.5, 0.6) is 11.5 Å². The van der Waals surface area contributed by atoms with Gasteiger partial charge in [-0.15, -0.1) is 0 Å². The van der Waals surface area contributed by atoms with E-state index in [2.05, 4.69) is 4.98 Å². The zero-order valence-electron chi connectivity index (χ0n) is 14.8. The molecule has 0 saturated heterocycles. The number of Topliss-reactive ketones (excluding diaryl/α,β-unsaturated/α-hetero) is 1. The zero-order valence-corrected chi connectivity index (χ0v) is 14.8. The summed E-state index contributed by atoms with van der Waals surface area (Å²) in [6.07, 6.45) is 0. The highest BCUT2D eigenvalue weighted by Gasteiger charge is 2.17. The molecule has 138 valence electrons. The predicted octanol–water partition coefficient (Wildman–Crippen LogP) is 2.59. The van der Waals surface area contributed by atoms with Crippen LogP contribution in [-0.4, -0.2) is 37.6 Å². The van der Waals surface area contributed by atoms with Gasteiger partial charge in [-0.2, -0.15) is 0 Å². The lowest BCUT2D eigenvalue weighted by molar-refractivity contribution is 0.0468. The number of hydrogen-bond acceptors (Lipinski definition) is 6. The molecule has 0 aliphatic heterocycles. The van der Waals surface area contributed by atoms with Crippen LogP contribution in [0.4, 0.5) is 0 Å². The standard InChI is InChI=1S/C20H17NO6/c1-25-13-7-8-18(26-2)15(10-13)17(22)11-27-20(24)16-9-12-5-3-4-6-14(12)19(23)21-16/h3-10H,11H2,1-2H3,(H,21,23). The van der Waals surface area contributed by atoms with Crippen molar-refractivity contribution in [2.75, 3.05) is 20.8 Å². The lowest BCUT2D eigenvalue weighted by atomic mass is 10.1. The van der Waals surface area contributed by atoms with Crippen LogP contribution >= 0.6 is 0 Å². The van der Waals surface area contributed by atoms with Gasteiger partial charge in [-0.3, -0.25) is 9.59 Å². The number of methoxy groups -OCH3 is 2. The molecule has 0 saturated carbocycles. The van der Waals surface area contributed by atoms with Gasteiger partial charge in [0.1, 0.15) is 17.2 Å². The van der Waals surface area contributed by atoms with Crippen LogP contribution in [0.1, 0.15) is 20.8 Å². The summed E-state index contributed by atoms with van der Waals surface area (Å²) >= 11 is 0. The third kappa shape index (κ3) is 3.82. The fourth-order valence-corrected chi connectivity index (χ4v) is 2.64. The molecule has 0 atom stereocenters. The van der Waals surface area contributed by atoms with Gasteiger partial charge in [-0.25, -0.2) is 4.79 Å². The third-order valence-corrected chi connectivity index (χ3v) is 4.01. The van der Waals surface area contributed by atoms with Crippen LogP contribution < -0.4 is 15.0 Å². The van der Waals surface area contributed by atoms with Crippen LogP contribution in [0.2, 0.25) is 0 Å². The zero-order chi connectivity index (χ0) is 19.4. The van der Waals surface area contributed by atoms with Crippen LogP contribution in [0, 0.1) is 0 Å². The Balaban J connectivity index is 1.78. The largest absolute Gasteiger partial charge is 0.497 e. The minimum atomic E-state index is -0.798. The second-order valence-electron chi connectivity index (χ2n) is 5.66. The maximum Gasteiger partial charge on any atom is 0.355 e. The lowest BCUT2D eigenvalue weighted by Gasteiger charge is -2.10. The molecule has 1 aromatic heterocycles. The molecule has 0 fully saturated rings. The number of pyridine rings is 1. The summed E-state index contributed by atoms with van der Waals surface area (Å²) in [4.78, 5) is 39.2. The highest BCUT2D eigenvalue weighted by Crippen LogP contribution is 2.24. The van der Waals surface area contributed by atoms with E-state index in [1.165, 1.54) is 26.4 Å². The third-order valence-electron chi connectivity index (χ3n) is 4.01. The van der Waals surface area contributed by atoms with Gasteiger partial charge < -0.3 is 19.2 Å². The van der Waals surface area contributed by atoms with E-state index < -0.39 is 23.9 Å². The van der Waals surface area contributed by atoms with Crippen molar-refractivity contribution in [1.29, 1.82) is 0 Å². The van der Waals surface area contributed by atoms with E-state index >= 15 is 0 Å². The van der Waals surface area contributed by atoms with E-state index in [0.717, 1.165) is 0 Å². The topological polar surface area (TPSA) is 94.7 Å². The summed E-state index contributed by atoms with van der Waals surface area (Å²) in [6.45, 7) is -0.503. The first-order valence-corrected chi connectivity index (χ1v) is 8.08. The Kier molecular flexibility index (Phi) is 5.21. The quantitative estimate of drug-likeness (QED) is 0.532. The van der Waals surface area contributed by atoms with Gasteiger partial charge in [0.15, 0.2) is 6.61 Å². The number of benzene rings is 2. The van der Waals surface area contributed by atoms with Gasteiger partial charge >= 0.3 is 5.97 Å². The number of ketones is 1. The normalized spacial score (nSPS) is 10.4. The number of carbonyl (C=O) groups is 2. The number of fused-ring (bicyclic) bond motifs is 1. The molecule has 1 heterocycles. The van der Waals surface area contributed by atoms with Gasteiger partial charge in [0.2, 0.25) is 5.78 Å². The highest BCUT2D eigenvalue weighted by molar-refractivity contribution is 6.02. The number of esters is 1. The Morgan fingerprint density at radius 2 is 1.78 bits per heavy atom. The summed E-state index contributed by atoms with van der Waals surface area (Å²) in [7, 11) is 2.91. The van der Waals surface area contributed by atoms with E-state index in [-0.39, 0.29) is 11.3 Å². The second-order valence-corrected chi connectivity index (χ2v) is 5.66. The van der Waals surface area contributed by atoms with Crippen molar-refractivity contribution in [3.63, 3.8) is 0 Å². The van der Waals surface area contributed by atoms with Gasteiger partial charge in [0.05, 0.1) is 19.8 Å². The Labute approximate surface area is 154 Å². The van der Waals surface area contributed by atoms with Crippen LogP contribution in [0.25, 0.3) is 10.8 Å². The summed E-state index contributed by atoms with van der Waals surface area (Å²) in [5, 5.41) is 1.07. The Bertz CT molecular complexity index is 1070. The second kappa shape index (κ2) is 7.74. The van der Waals surface area contributed by atoms with Crippen molar-refractivity contribution in [1.82, 2.24) is 4.98 Å². The molecular weight excluding hydrogens is 350 g/mol. The Morgan fingerprint density at radius 1 is 1.00 bits per heavy atom. The molecule has 1 N–H and O–H groups in total. The van der Waals surface area contributed by atoms with Crippen molar-refractivity contribution in [2.45, 2.75) is 0 Å². The number of hydrogen-bond donors (Lipinski definition) is 1. The maximum absolute atomic E-state index is 12.4. The van der Waals surface area contributed by atoms with Crippen molar-refractivity contribution >= 4 is 22.5 Å². The first kappa shape index (κ1) is 18.2. The molecular formula is C20H17NO6. The first-order valence-electron chi connectivity index (χ1n) is 8.08. The van der Waals surface area contributed by atoms with E-state index in [1.54, 1.807) is 36.4 Å². The average Bonchev–Trinajstić information content (AvgIpc) is 2.71. The van der Waals surface area contributed by atoms with Crippen molar-refractivity contribution in [3.8, 4) is 11.5 Å². The highest BCUT2D eigenvalue weighted by atomic mass is 16.5. The summed E-state index contributed by atoms with van der Waals surface area (Å²) < 4.78 is 15.3. The SMILES string of the molecule is COc1ccc(OC)c(C(=O)COC(=O)c2cc3ccccc3c(=O)[nH]2)c1. The molecule has 0 spiro atoms. The van der Waals surface area contributed by atoms with Crippen LogP contribution in [-0.2, 0) is 4.74 Å². The fraction of sp³-hybridized carbons (Fsp3) is 0.150. The molecule has 27 heavy (non-hydrogen) atoms. The first-order chi connectivity index (χ1) is 13.0. The molecule has 2 aromatic carbocycles. The molecule has 7 nitrogen and oxygen atoms in total. The summed E-state index contributed by atoms with van der Waals surface area (Å²) in [5.41, 5.74) is -0.193. The average molecular weight is 367 g/mol. The lowest BCUT2D eigenvalue weighted by Crippen LogP contribution is -2.19. The number of H-pyrrole nitrogens is 1. The predicted molar refractivity (Wildman–Crippen MR) is 98.7 cm³/mol. The number of nitrogens with one attached hydrogen (secondary N) is 1. The number of aromatic nitrogens is 1. The van der Waals surface area contributed by atoms with Crippen molar-refractivity contribution < 1.29 is 23.8 Å². The Hall–Kier alpha value is -3.61. The minimum Gasteiger partial charge on any atom is -0.497 e. The number of rotatable bonds is 6. The molecule has 0 aliphatic carbocycles. The molecule has 0 unspecified atom stereocenters. The maximum atomic E-state index is 12.4. The Morgan fingerprint density at radius 3 is 2.52 bits per heavy atom. The monoisotopic (exact) mass is 367 g/mol. The van der Waals surface area contributed by atoms with Gasteiger partial charge in [-0.05, 0) is 35.7 Å². The van der Waals surface area contributed by atoms with Crippen LogP contribution in [0.15, 0.2) is 53.3 Å². The van der Waals surface area contributed by atoms with Gasteiger partial charge in [-0.1, -0.05) is 18.2 Å². The minimum absolute atomic E-state index is 0.0240. The molecule has 3 rings (SSSR count). The van der Waals surface area contributed by atoms with E-state index in [4.69, 9.17) is 14.2 Å². The van der Waals surface area contributed by atoms with E-state index in [0.29, 0.717) is 22.3 Å². The summed E-state index contributed by atoms with van der Waals surface area (Å²) in [6, 6.07) is 13.1. The van der Waals surface area contributed by atoms with Crippen LogP contribution in [0.3, 0.4) is 0 Å². The molecule has 7 heteroatoms. The molecule has 0 bridgehead atoms. The molecule has 0 amide bonds. The van der Waals surface area contributed by atoms with Crippen molar-refractivity contribution in [3.05, 3.63) is 70.1 Å². The van der Waals surface area contributed by atoms with Gasteiger partial charge in [0, 0.05) is 5.39 Å². The smallest absolute Gasteiger partial charge is 0.355 e. The van der Waals surface area contributed by atoms with E-state index in [9.17, 15) is 14.4 Å². The molecule has 0 radical (unpaired) electrons. The van der Waals surface area contributed by atoms with Crippen molar-refractivity contribution in [2.24, 2.45) is 0 Å². The number of ether oxygens (including phenoxy) is 3. The fourth-order valence-electron chi connectivity index (χ4n) is 2.64. The van der Waals surface area contributed by atoms with Gasteiger partial charge in [0.25, 0.3) is 5.56 Å². The number of carbonyl (C=O) groups excluding carboxylic acids is 2.